The minimum atomic E-state index is -0.00657. The summed E-state index contributed by atoms with van der Waals surface area (Å²) in [5.41, 5.74) is 1.76. The smallest absolute Gasteiger partial charge is 0.254 e. The van der Waals surface area contributed by atoms with Crippen molar-refractivity contribution in [3.63, 3.8) is 0 Å². The lowest BCUT2D eigenvalue weighted by Crippen LogP contribution is -2.29. The van der Waals surface area contributed by atoms with Crippen molar-refractivity contribution in [3.8, 4) is 5.75 Å². The van der Waals surface area contributed by atoms with E-state index in [9.17, 15) is 4.79 Å². The lowest BCUT2D eigenvalue weighted by Gasteiger charge is -2.25. The number of hydrogen-bond acceptors (Lipinski definition) is 2. The highest BCUT2D eigenvalue weighted by molar-refractivity contribution is 5.94. The molecule has 3 heteroatoms. The number of carbonyl (C=O) groups is 1. The number of ether oxygens (including phenoxy) is 1. The lowest BCUT2D eigenvalue weighted by atomic mass is 10.1. The zero-order chi connectivity index (χ0) is 15.2. The quantitative estimate of drug-likeness (QED) is 0.832. The fourth-order valence-corrected chi connectivity index (χ4v) is 2.22. The molecule has 0 fully saturated rings. The van der Waals surface area contributed by atoms with E-state index in [1.54, 1.807) is 11.0 Å². The third-order valence-corrected chi connectivity index (χ3v) is 3.58. The molecule has 0 aliphatic heterocycles. The fraction of sp³-hybridized carbons (Fsp3) is 0.278. The molecule has 0 saturated heterocycles. The summed E-state index contributed by atoms with van der Waals surface area (Å²) in [7, 11) is 1.83. The third kappa shape index (κ3) is 3.63. The molecule has 0 spiro atoms. The van der Waals surface area contributed by atoms with Crippen LogP contribution in [0.3, 0.4) is 0 Å². The molecule has 0 radical (unpaired) electrons. The molecular formula is C18H21NO2. The lowest BCUT2D eigenvalue weighted by molar-refractivity contribution is 0.0742. The molecule has 2 aromatic carbocycles. The second kappa shape index (κ2) is 6.93. The number of nitrogens with zero attached hydrogens (tertiary/aromatic N) is 1. The highest BCUT2D eigenvalue weighted by atomic mass is 16.5. The first-order valence-corrected chi connectivity index (χ1v) is 7.18. The van der Waals surface area contributed by atoms with E-state index in [4.69, 9.17) is 4.74 Å². The summed E-state index contributed by atoms with van der Waals surface area (Å²) in [5.74, 6) is 0.719. The minimum Gasteiger partial charge on any atom is -0.494 e. The third-order valence-electron chi connectivity index (χ3n) is 3.58. The van der Waals surface area contributed by atoms with Gasteiger partial charge in [-0.1, -0.05) is 36.4 Å². The van der Waals surface area contributed by atoms with E-state index in [2.05, 4.69) is 0 Å². The SMILES string of the molecule is CCOc1cccc(C(=O)N(C)C(C)c2ccccc2)c1. The maximum Gasteiger partial charge on any atom is 0.254 e. The van der Waals surface area contributed by atoms with Gasteiger partial charge < -0.3 is 9.64 Å². The van der Waals surface area contributed by atoms with Gasteiger partial charge >= 0.3 is 0 Å². The Morgan fingerprint density at radius 2 is 1.86 bits per heavy atom. The first-order valence-electron chi connectivity index (χ1n) is 7.18. The Kier molecular flexibility index (Phi) is 4.99. The Morgan fingerprint density at radius 3 is 2.52 bits per heavy atom. The van der Waals surface area contributed by atoms with Gasteiger partial charge in [0.2, 0.25) is 0 Å². The van der Waals surface area contributed by atoms with Gasteiger partial charge in [0.05, 0.1) is 12.6 Å². The number of hydrogen-bond donors (Lipinski definition) is 0. The normalized spacial score (nSPS) is 11.8. The summed E-state index contributed by atoms with van der Waals surface area (Å²) >= 11 is 0. The number of rotatable bonds is 5. The van der Waals surface area contributed by atoms with Gasteiger partial charge in [-0.05, 0) is 37.6 Å². The molecule has 21 heavy (non-hydrogen) atoms. The highest BCUT2D eigenvalue weighted by Gasteiger charge is 2.19. The standard InChI is InChI=1S/C18H21NO2/c1-4-21-17-12-8-11-16(13-17)18(20)19(3)14(2)15-9-6-5-7-10-15/h5-14H,4H2,1-3H3. The average molecular weight is 283 g/mol. The van der Waals surface area contributed by atoms with Crippen molar-refractivity contribution >= 4 is 5.91 Å². The van der Waals surface area contributed by atoms with Crippen molar-refractivity contribution < 1.29 is 9.53 Å². The summed E-state index contributed by atoms with van der Waals surface area (Å²) in [6, 6.07) is 17.4. The fourth-order valence-electron chi connectivity index (χ4n) is 2.22. The summed E-state index contributed by atoms with van der Waals surface area (Å²) in [6.07, 6.45) is 0. The summed E-state index contributed by atoms with van der Waals surface area (Å²) < 4.78 is 5.45. The Balaban J connectivity index is 2.17. The van der Waals surface area contributed by atoms with Crippen LogP contribution >= 0.6 is 0 Å². The van der Waals surface area contributed by atoms with Crippen LogP contribution in [0, 0.1) is 0 Å². The number of carbonyl (C=O) groups excluding carboxylic acids is 1. The van der Waals surface area contributed by atoms with E-state index in [0.29, 0.717) is 12.2 Å². The maximum absolute atomic E-state index is 12.6. The van der Waals surface area contributed by atoms with Crippen LogP contribution < -0.4 is 4.74 Å². The Bertz CT molecular complexity index is 595. The van der Waals surface area contributed by atoms with Crippen LogP contribution in [-0.4, -0.2) is 24.5 Å². The molecule has 0 N–H and O–H groups in total. The molecule has 0 saturated carbocycles. The maximum atomic E-state index is 12.6. The van der Waals surface area contributed by atoms with Crippen LogP contribution in [0.15, 0.2) is 54.6 Å². The molecule has 1 unspecified atom stereocenters. The molecule has 110 valence electrons. The zero-order valence-corrected chi connectivity index (χ0v) is 12.7. The second-order valence-corrected chi connectivity index (χ2v) is 4.96. The molecule has 0 aliphatic carbocycles. The van der Waals surface area contributed by atoms with Crippen molar-refractivity contribution in [2.75, 3.05) is 13.7 Å². The number of amides is 1. The van der Waals surface area contributed by atoms with Gasteiger partial charge in [0.25, 0.3) is 5.91 Å². The highest BCUT2D eigenvalue weighted by Crippen LogP contribution is 2.22. The first-order chi connectivity index (χ1) is 10.1. The van der Waals surface area contributed by atoms with E-state index >= 15 is 0 Å². The minimum absolute atomic E-state index is 0.00657. The first kappa shape index (κ1) is 15.1. The largest absolute Gasteiger partial charge is 0.494 e. The van der Waals surface area contributed by atoms with Gasteiger partial charge in [0, 0.05) is 12.6 Å². The van der Waals surface area contributed by atoms with Crippen LogP contribution in [0.25, 0.3) is 0 Å². The Labute approximate surface area is 126 Å². The summed E-state index contributed by atoms with van der Waals surface area (Å²) in [5, 5.41) is 0. The van der Waals surface area contributed by atoms with Gasteiger partial charge in [-0.2, -0.15) is 0 Å². The van der Waals surface area contributed by atoms with Crippen molar-refractivity contribution in [1.29, 1.82) is 0 Å². The predicted octanol–water partition coefficient (Wildman–Crippen LogP) is 3.92. The van der Waals surface area contributed by atoms with Crippen molar-refractivity contribution in [2.45, 2.75) is 19.9 Å². The van der Waals surface area contributed by atoms with Gasteiger partial charge in [0.15, 0.2) is 0 Å². The van der Waals surface area contributed by atoms with Crippen molar-refractivity contribution in [3.05, 3.63) is 65.7 Å². The molecule has 2 aromatic rings. The van der Waals surface area contributed by atoms with E-state index in [0.717, 1.165) is 11.3 Å². The van der Waals surface area contributed by atoms with E-state index in [-0.39, 0.29) is 11.9 Å². The molecular weight excluding hydrogens is 262 g/mol. The van der Waals surface area contributed by atoms with Gasteiger partial charge in [-0.25, -0.2) is 0 Å². The molecule has 1 amide bonds. The Hall–Kier alpha value is -2.29. The average Bonchev–Trinajstić information content (AvgIpc) is 2.54. The molecule has 0 bridgehead atoms. The van der Waals surface area contributed by atoms with E-state index in [1.165, 1.54) is 0 Å². The van der Waals surface area contributed by atoms with Crippen LogP contribution in [0.4, 0.5) is 0 Å². The molecule has 0 aromatic heterocycles. The van der Waals surface area contributed by atoms with Crippen molar-refractivity contribution in [1.82, 2.24) is 4.90 Å². The molecule has 2 rings (SSSR count). The molecule has 0 heterocycles. The van der Waals surface area contributed by atoms with E-state index < -0.39 is 0 Å². The van der Waals surface area contributed by atoms with Gasteiger partial charge in [0.1, 0.15) is 5.75 Å². The summed E-state index contributed by atoms with van der Waals surface area (Å²) in [6.45, 7) is 4.55. The monoisotopic (exact) mass is 283 g/mol. The second-order valence-electron chi connectivity index (χ2n) is 4.96. The van der Waals surface area contributed by atoms with Crippen LogP contribution in [0.1, 0.15) is 35.8 Å². The predicted molar refractivity (Wildman–Crippen MR) is 84.6 cm³/mol. The number of benzene rings is 2. The molecule has 0 aliphatic rings. The van der Waals surface area contributed by atoms with E-state index in [1.807, 2.05) is 69.4 Å². The van der Waals surface area contributed by atoms with Crippen molar-refractivity contribution in [2.24, 2.45) is 0 Å². The topological polar surface area (TPSA) is 29.5 Å². The molecule has 1 atom stereocenters. The van der Waals surface area contributed by atoms with Crippen LogP contribution in [0.5, 0.6) is 5.75 Å². The Morgan fingerprint density at radius 1 is 1.14 bits per heavy atom. The van der Waals surface area contributed by atoms with Crippen LogP contribution in [0.2, 0.25) is 0 Å². The van der Waals surface area contributed by atoms with Crippen LogP contribution in [-0.2, 0) is 0 Å². The zero-order valence-electron chi connectivity index (χ0n) is 12.7. The molecule has 3 nitrogen and oxygen atoms in total. The van der Waals surface area contributed by atoms with Gasteiger partial charge in [-0.3, -0.25) is 4.79 Å². The summed E-state index contributed by atoms with van der Waals surface area (Å²) in [4.78, 5) is 14.3. The van der Waals surface area contributed by atoms with Gasteiger partial charge in [-0.15, -0.1) is 0 Å².